The van der Waals surface area contributed by atoms with E-state index in [1.165, 1.54) is 0 Å². The molecule has 0 N–H and O–H groups in total. The Bertz CT molecular complexity index is 1010. The van der Waals surface area contributed by atoms with Gasteiger partial charge in [0.15, 0.2) is 5.65 Å². The summed E-state index contributed by atoms with van der Waals surface area (Å²) in [5, 5.41) is 9.08. The van der Waals surface area contributed by atoms with Crippen LogP contribution in [0.1, 0.15) is 12.6 Å². The average molecular weight is 339 g/mol. The van der Waals surface area contributed by atoms with Crippen LogP contribution >= 0.6 is 11.8 Å². The quantitative estimate of drug-likeness (QED) is 0.524. The van der Waals surface area contributed by atoms with Crippen LogP contribution in [0.5, 0.6) is 0 Å². The summed E-state index contributed by atoms with van der Waals surface area (Å²) in [4.78, 5) is 17.5. The van der Waals surface area contributed by atoms with E-state index in [2.05, 4.69) is 37.1 Å². The molecule has 0 fully saturated rings. The average Bonchev–Trinajstić information content (AvgIpc) is 3.25. The van der Waals surface area contributed by atoms with Crippen LogP contribution in [-0.4, -0.2) is 40.5 Å². The number of aromatic nitrogens is 7. The lowest BCUT2D eigenvalue weighted by molar-refractivity contribution is 0.431. The van der Waals surface area contributed by atoms with Gasteiger partial charge in [0.05, 0.1) is 17.5 Å². The molecular weight excluding hydrogens is 326 g/mol. The van der Waals surface area contributed by atoms with Crippen molar-refractivity contribution in [2.45, 2.75) is 18.9 Å². The molecule has 0 aliphatic rings. The largest absolute Gasteiger partial charge is 0.333 e. The summed E-state index contributed by atoms with van der Waals surface area (Å²) in [6.45, 7) is 3.99. The Morgan fingerprint density at radius 1 is 1.17 bits per heavy atom. The van der Waals surface area contributed by atoms with Crippen molar-refractivity contribution in [1.29, 1.82) is 0 Å². The smallest absolute Gasteiger partial charge is 0.261 e. The second-order valence-corrected chi connectivity index (χ2v) is 6.18. The number of nitrogens with zero attached hydrogens (tertiary/aromatic N) is 7. The Morgan fingerprint density at radius 2 is 2.04 bits per heavy atom. The van der Waals surface area contributed by atoms with Crippen LogP contribution in [0.3, 0.4) is 0 Å². The number of aryl methyl sites for hydroxylation is 1. The minimum atomic E-state index is 0.380. The van der Waals surface area contributed by atoms with Gasteiger partial charge in [0, 0.05) is 24.7 Å². The van der Waals surface area contributed by atoms with Crippen LogP contribution in [0.2, 0.25) is 0 Å². The Balaban J connectivity index is 1.78. The van der Waals surface area contributed by atoms with Crippen LogP contribution in [-0.2, 0) is 0 Å². The third-order valence-corrected chi connectivity index (χ3v) is 4.33. The molecule has 0 spiro atoms. The van der Waals surface area contributed by atoms with E-state index in [9.17, 15) is 0 Å². The van der Waals surface area contributed by atoms with Gasteiger partial charge in [0.1, 0.15) is 10.7 Å². The van der Waals surface area contributed by atoms with Crippen LogP contribution in [0, 0.1) is 6.92 Å². The molecule has 0 aromatic carbocycles. The Kier molecular flexibility index (Phi) is 3.69. The summed E-state index contributed by atoms with van der Waals surface area (Å²) in [5.74, 6) is 1.68. The minimum Gasteiger partial charge on any atom is -0.333 e. The fourth-order valence-corrected chi connectivity index (χ4v) is 3.04. The fraction of sp³-hybridized carbons (Fsp3) is 0.200. The Labute approximate surface area is 141 Å². The van der Waals surface area contributed by atoms with E-state index in [1.54, 1.807) is 41.1 Å². The summed E-state index contributed by atoms with van der Waals surface area (Å²) in [7, 11) is 0. The predicted molar refractivity (Wildman–Crippen MR) is 88.4 cm³/mol. The monoisotopic (exact) mass is 339 g/mol. The number of hydrogen-bond donors (Lipinski definition) is 0. The van der Waals surface area contributed by atoms with E-state index < -0.39 is 0 Å². The zero-order valence-electron chi connectivity index (χ0n) is 13.0. The van der Waals surface area contributed by atoms with Gasteiger partial charge in [-0.1, -0.05) is 12.1 Å². The normalized spacial score (nSPS) is 11.2. The number of hydrogen-bond acceptors (Lipinski definition) is 8. The van der Waals surface area contributed by atoms with Crippen molar-refractivity contribution in [1.82, 2.24) is 34.7 Å². The molecule has 0 aliphatic heterocycles. The Morgan fingerprint density at radius 3 is 2.92 bits per heavy atom. The minimum absolute atomic E-state index is 0.380. The van der Waals surface area contributed by atoms with Crippen LogP contribution < -0.4 is 0 Å². The summed E-state index contributed by atoms with van der Waals surface area (Å²) in [6.07, 6.45) is 6.68. The van der Waals surface area contributed by atoms with Gasteiger partial charge in [-0.2, -0.15) is 10.1 Å². The fourth-order valence-electron chi connectivity index (χ4n) is 2.35. The molecule has 0 saturated carbocycles. The standard InChI is InChI=1S/C15H13N7OS/c1-3-24-15-12(16-6-7-17-15)13-20-14(23-21-13)10-8-18-11-4-5-19-22(11)9(10)2/h4-8H,3H2,1-2H3. The van der Waals surface area contributed by atoms with Crippen molar-refractivity contribution in [3.63, 3.8) is 0 Å². The summed E-state index contributed by atoms with van der Waals surface area (Å²) in [6, 6.07) is 1.84. The zero-order chi connectivity index (χ0) is 16.5. The zero-order valence-corrected chi connectivity index (χ0v) is 13.9. The van der Waals surface area contributed by atoms with Gasteiger partial charge in [0.25, 0.3) is 5.89 Å². The van der Waals surface area contributed by atoms with Gasteiger partial charge in [-0.3, -0.25) is 0 Å². The molecule has 4 heterocycles. The van der Waals surface area contributed by atoms with Crippen LogP contribution in [0.25, 0.3) is 28.6 Å². The molecule has 8 nitrogen and oxygen atoms in total. The van der Waals surface area contributed by atoms with E-state index in [0.29, 0.717) is 17.4 Å². The maximum absolute atomic E-state index is 5.43. The van der Waals surface area contributed by atoms with Crippen molar-refractivity contribution in [3.05, 3.63) is 36.5 Å². The lowest BCUT2D eigenvalue weighted by atomic mass is 10.2. The van der Waals surface area contributed by atoms with Gasteiger partial charge in [-0.15, -0.1) is 11.8 Å². The van der Waals surface area contributed by atoms with E-state index in [0.717, 1.165) is 27.7 Å². The number of thioether (sulfide) groups is 1. The lowest BCUT2D eigenvalue weighted by Gasteiger charge is -2.02. The molecule has 120 valence electrons. The number of fused-ring (bicyclic) bond motifs is 1. The van der Waals surface area contributed by atoms with Gasteiger partial charge in [0.2, 0.25) is 5.82 Å². The SMILES string of the molecule is CCSc1nccnc1-c1noc(-c2cnc3ccnn3c2C)n1. The maximum Gasteiger partial charge on any atom is 0.261 e. The molecule has 4 aromatic rings. The third kappa shape index (κ3) is 2.42. The van der Waals surface area contributed by atoms with E-state index >= 15 is 0 Å². The number of rotatable bonds is 4. The highest BCUT2D eigenvalue weighted by Gasteiger charge is 2.18. The van der Waals surface area contributed by atoms with Gasteiger partial charge < -0.3 is 4.52 Å². The molecule has 24 heavy (non-hydrogen) atoms. The van der Waals surface area contributed by atoms with Crippen molar-refractivity contribution < 1.29 is 4.52 Å². The molecule has 4 aromatic heterocycles. The first-order valence-corrected chi connectivity index (χ1v) is 8.34. The summed E-state index contributed by atoms with van der Waals surface area (Å²) >= 11 is 1.59. The third-order valence-electron chi connectivity index (χ3n) is 3.47. The molecule has 0 amide bonds. The second kappa shape index (κ2) is 6.00. The van der Waals surface area contributed by atoms with Crippen molar-refractivity contribution in [2.75, 3.05) is 5.75 Å². The Hall–Kier alpha value is -2.81. The molecule has 9 heteroatoms. The highest BCUT2D eigenvalue weighted by molar-refractivity contribution is 7.99. The van der Waals surface area contributed by atoms with Crippen LogP contribution in [0.15, 0.2) is 40.4 Å². The van der Waals surface area contributed by atoms with Gasteiger partial charge in [-0.25, -0.2) is 19.5 Å². The molecule has 0 unspecified atom stereocenters. The predicted octanol–water partition coefficient (Wildman–Crippen LogP) is 2.66. The second-order valence-electron chi connectivity index (χ2n) is 4.92. The topological polar surface area (TPSA) is 94.9 Å². The molecular formula is C15H13N7OS. The van der Waals surface area contributed by atoms with Crippen LogP contribution in [0.4, 0.5) is 0 Å². The molecule has 4 rings (SSSR count). The van der Waals surface area contributed by atoms with E-state index in [1.807, 2.05) is 13.0 Å². The van der Waals surface area contributed by atoms with Gasteiger partial charge >= 0.3 is 0 Å². The maximum atomic E-state index is 5.43. The summed E-state index contributed by atoms with van der Waals surface area (Å²) in [5.41, 5.74) is 3.00. The van der Waals surface area contributed by atoms with Crippen molar-refractivity contribution >= 4 is 17.4 Å². The molecule has 0 atom stereocenters. The highest BCUT2D eigenvalue weighted by Crippen LogP contribution is 2.28. The van der Waals surface area contributed by atoms with Gasteiger partial charge in [-0.05, 0) is 12.7 Å². The lowest BCUT2D eigenvalue weighted by Crippen LogP contribution is -1.98. The highest BCUT2D eigenvalue weighted by atomic mass is 32.2. The van der Waals surface area contributed by atoms with E-state index in [-0.39, 0.29) is 0 Å². The van der Waals surface area contributed by atoms with Crippen molar-refractivity contribution in [3.8, 4) is 23.0 Å². The van der Waals surface area contributed by atoms with Crippen molar-refractivity contribution in [2.24, 2.45) is 0 Å². The molecule has 0 aliphatic carbocycles. The van der Waals surface area contributed by atoms with E-state index in [4.69, 9.17) is 4.52 Å². The molecule has 0 saturated heterocycles. The first kappa shape index (κ1) is 14.8. The first-order valence-electron chi connectivity index (χ1n) is 7.35. The molecule has 0 radical (unpaired) electrons. The molecule has 0 bridgehead atoms. The first-order chi connectivity index (χ1) is 11.8. The summed E-state index contributed by atoms with van der Waals surface area (Å²) < 4.78 is 7.16.